The van der Waals surface area contributed by atoms with Crippen LogP contribution in [0.4, 0.5) is 17.1 Å². The van der Waals surface area contributed by atoms with Gasteiger partial charge in [-0.1, -0.05) is 18.2 Å². The molecule has 0 aliphatic carbocycles. The van der Waals surface area contributed by atoms with Crippen LogP contribution in [0.3, 0.4) is 0 Å². The number of hydrogen-bond donors (Lipinski definition) is 2. The molecule has 2 N–H and O–H groups in total. The molecule has 0 saturated carbocycles. The number of aromatic amines is 1. The van der Waals surface area contributed by atoms with Crippen LogP contribution in [0.15, 0.2) is 67.1 Å². The first-order valence-corrected chi connectivity index (χ1v) is 7.88. The van der Waals surface area contributed by atoms with Crippen LogP contribution < -0.4 is 10.2 Å². The van der Waals surface area contributed by atoms with E-state index in [1.165, 1.54) is 5.69 Å². The molecular weight excluding hydrogens is 284 g/mol. The maximum Gasteiger partial charge on any atom is 0.0922 e. The Balaban J connectivity index is 1.74. The van der Waals surface area contributed by atoms with E-state index in [9.17, 15) is 0 Å². The second kappa shape index (κ2) is 7.01. The van der Waals surface area contributed by atoms with E-state index in [4.69, 9.17) is 0 Å². The van der Waals surface area contributed by atoms with Crippen LogP contribution >= 0.6 is 0 Å². The molecule has 0 bridgehead atoms. The zero-order chi connectivity index (χ0) is 16.1. The van der Waals surface area contributed by atoms with Crippen LogP contribution in [-0.4, -0.2) is 16.0 Å². The summed E-state index contributed by atoms with van der Waals surface area (Å²) in [6.07, 6.45) is 3.60. The van der Waals surface area contributed by atoms with Gasteiger partial charge in [0.05, 0.1) is 18.6 Å². The Kier molecular flexibility index (Phi) is 4.62. The van der Waals surface area contributed by atoms with Gasteiger partial charge in [0.15, 0.2) is 0 Å². The van der Waals surface area contributed by atoms with Gasteiger partial charge in [0, 0.05) is 29.3 Å². The number of nitrogens with one attached hydrogen (secondary N) is 2. The highest BCUT2D eigenvalue weighted by Gasteiger charge is 2.12. The summed E-state index contributed by atoms with van der Waals surface area (Å²) in [5.41, 5.74) is 4.50. The number of nitrogens with zero attached hydrogens (tertiary/aromatic N) is 2. The molecule has 3 aromatic rings. The van der Waals surface area contributed by atoms with E-state index in [2.05, 4.69) is 70.4 Å². The Labute approximate surface area is 137 Å². The lowest BCUT2D eigenvalue weighted by Crippen LogP contribution is -2.30. The van der Waals surface area contributed by atoms with Crippen LogP contribution in [-0.2, 0) is 6.54 Å². The number of para-hydroxylation sites is 1. The van der Waals surface area contributed by atoms with Crippen molar-refractivity contribution >= 4 is 17.1 Å². The third-order valence-electron chi connectivity index (χ3n) is 3.78. The average molecular weight is 306 g/mol. The quantitative estimate of drug-likeness (QED) is 0.701. The van der Waals surface area contributed by atoms with Crippen molar-refractivity contribution in [2.45, 2.75) is 26.4 Å². The highest BCUT2D eigenvalue weighted by atomic mass is 15.2. The van der Waals surface area contributed by atoms with Crippen molar-refractivity contribution in [3.8, 4) is 0 Å². The Morgan fingerprint density at radius 3 is 2.30 bits per heavy atom. The van der Waals surface area contributed by atoms with Crippen LogP contribution in [0.25, 0.3) is 0 Å². The third-order valence-corrected chi connectivity index (χ3v) is 3.78. The molecule has 23 heavy (non-hydrogen) atoms. The normalized spacial score (nSPS) is 10.7. The second-order valence-corrected chi connectivity index (χ2v) is 5.84. The maximum absolute atomic E-state index is 4.10. The van der Waals surface area contributed by atoms with Gasteiger partial charge in [0.1, 0.15) is 0 Å². The first-order valence-electron chi connectivity index (χ1n) is 7.88. The molecule has 118 valence electrons. The number of benzene rings is 2. The third kappa shape index (κ3) is 3.92. The fraction of sp³-hybridized carbons (Fsp3) is 0.211. The zero-order valence-electron chi connectivity index (χ0n) is 13.5. The van der Waals surface area contributed by atoms with Gasteiger partial charge in [-0.3, -0.25) is 0 Å². The lowest BCUT2D eigenvalue weighted by molar-refractivity contribution is 0.675. The summed E-state index contributed by atoms with van der Waals surface area (Å²) < 4.78 is 0. The van der Waals surface area contributed by atoms with Crippen LogP contribution in [0.1, 0.15) is 19.5 Å². The van der Waals surface area contributed by atoms with Gasteiger partial charge >= 0.3 is 0 Å². The van der Waals surface area contributed by atoms with Crippen molar-refractivity contribution in [3.63, 3.8) is 0 Å². The van der Waals surface area contributed by atoms with Crippen LogP contribution in [0.2, 0.25) is 0 Å². The summed E-state index contributed by atoms with van der Waals surface area (Å²) in [6.45, 7) is 5.22. The number of rotatable bonds is 6. The molecular formula is C19H22N4. The second-order valence-electron chi connectivity index (χ2n) is 5.84. The van der Waals surface area contributed by atoms with E-state index in [1.54, 1.807) is 6.33 Å². The summed E-state index contributed by atoms with van der Waals surface area (Å²) in [7, 11) is 0. The molecule has 0 fully saturated rings. The number of H-pyrrole nitrogens is 1. The summed E-state index contributed by atoms with van der Waals surface area (Å²) in [5.74, 6) is 0. The monoisotopic (exact) mass is 306 g/mol. The predicted octanol–water partition coefficient (Wildman–Crippen LogP) is 4.57. The minimum Gasteiger partial charge on any atom is -0.363 e. The summed E-state index contributed by atoms with van der Waals surface area (Å²) in [5, 5.41) is 3.41. The number of hydrogen-bond acceptors (Lipinski definition) is 3. The Morgan fingerprint density at radius 2 is 1.70 bits per heavy atom. The Bertz CT molecular complexity index is 703. The van der Waals surface area contributed by atoms with E-state index in [-0.39, 0.29) is 0 Å². The van der Waals surface area contributed by atoms with E-state index in [0.717, 1.165) is 23.6 Å². The lowest BCUT2D eigenvalue weighted by Gasteiger charge is -2.28. The zero-order valence-corrected chi connectivity index (χ0v) is 13.5. The van der Waals surface area contributed by atoms with Crippen molar-refractivity contribution in [3.05, 3.63) is 72.8 Å². The van der Waals surface area contributed by atoms with Gasteiger partial charge in [0.25, 0.3) is 0 Å². The smallest absolute Gasteiger partial charge is 0.0922 e. The topological polar surface area (TPSA) is 44.0 Å². The Morgan fingerprint density at radius 1 is 1.00 bits per heavy atom. The molecule has 0 amide bonds. The molecule has 4 nitrogen and oxygen atoms in total. The number of aromatic nitrogens is 2. The summed E-state index contributed by atoms with van der Waals surface area (Å²) in [6, 6.07) is 19.1. The molecule has 1 aromatic heterocycles. The van der Waals surface area contributed by atoms with Gasteiger partial charge in [-0.15, -0.1) is 0 Å². The van der Waals surface area contributed by atoms with Crippen LogP contribution in [0, 0.1) is 0 Å². The molecule has 0 radical (unpaired) electrons. The molecule has 0 aliphatic rings. The first kappa shape index (κ1) is 15.2. The van der Waals surface area contributed by atoms with Crippen molar-refractivity contribution in [2.75, 3.05) is 10.2 Å². The van der Waals surface area contributed by atoms with E-state index in [0.29, 0.717) is 6.04 Å². The summed E-state index contributed by atoms with van der Waals surface area (Å²) in [4.78, 5) is 9.62. The number of imidazole rings is 1. The molecule has 0 aliphatic heterocycles. The average Bonchev–Trinajstić information content (AvgIpc) is 3.07. The van der Waals surface area contributed by atoms with Crippen molar-refractivity contribution in [1.29, 1.82) is 0 Å². The van der Waals surface area contributed by atoms with E-state index in [1.807, 2.05) is 24.4 Å². The maximum atomic E-state index is 4.10. The van der Waals surface area contributed by atoms with E-state index < -0.39 is 0 Å². The van der Waals surface area contributed by atoms with Gasteiger partial charge in [-0.25, -0.2) is 4.98 Å². The molecule has 1 heterocycles. The van der Waals surface area contributed by atoms with Gasteiger partial charge in [-0.2, -0.15) is 0 Å². The number of anilines is 3. The minimum atomic E-state index is 0.409. The Hall–Kier alpha value is -2.75. The molecule has 4 heteroatoms. The largest absolute Gasteiger partial charge is 0.363 e. The first-order chi connectivity index (χ1) is 11.2. The lowest BCUT2D eigenvalue weighted by atomic mass is 10.2. The van der Waals surface area contributed by atoms with Gasteiger partial charge < -0.3 is 15.2 Å². The molecule has 2 aromatic carbocycles. The van der Waals surface area contributed by atoms with Crippen LogP contribution in [0.5, 0.6) is 0 Å². The predicted molar refractivity (Wildman–Crippen MR) is 96.1 cm³/mol. The molecule has 0 unspecified atom stereocenters. The molecule has 0 spiro atoms. The van der Waals surface area contributed by atoms with Crippen molar-refractivity contribution < 1.29 is 0 Å². The van der Waals surface area contributed by atoms with Gasteiger partial charge in [-0.05, 0) is 50.2 Å². The highest BCUT2D eigenvalue weighted by Crippen LogP contribution is 2.23. The molecule has 0 atom stereocenters. The molecule has 3 rings (SSSR count). The SMILES string of the molecule is CC(C)N(Cc1cnc[nH]1)c1ccc(Nc2ccccc2)cc1. The van der Waals surface area contributed by atoms with Crippen molar-refractivity contribution in [1.82, 2.24) is 9.97 Å². The minimum absolute atomic E-state index is 0.409. The summed E-state index contributed by atoms with van der Waals surface area (Å²) >= 11 is 0. The fourth-order valence-corrected chi connectivity index (χ4v) is 2.55. The standard InChI is InChI=1S/C19H22N4/c1-15(2)23(13-18-12-20-14-21-18)19-10-8-17(9-11-19)22-16-6-4-3-5-7-16/h3-12,14-15,22H,13H2,1-2H3,(H,20,21). The van der Waals surface area contributed by atoms with Crippen molar-refractivity contribution in [2.24, 2.45) is 0 Å². The highest BCUT2D eigenvalue weighted by molar-refractivity contribution is 5.63. The fourth-order valence-electron chi connectivity index (χ4n) is 2.55. The molecule has 0 saturated heterocycles. The van der Waals surface area contributed by atoms with E-state index >= 15 is 0 Å². The van der Waals surface area contributed by atoms with Gasteiger partial charge in [0.2, 0.25) is 0 Å².